The molecule has 2 aromatic rings. The van der Waals surface area contributed by atoms with Crippen molar-refractivity contribution in [2.24, 2.45) is 0 Å². The van der Waals surface area contributed by atoms with Gasteiger partial charge >= 0.3 is 0 Å². The third kappa shape index (κ3) is 2.76. The smallest absolute Gasteiger partial charge is 0.254 e. The van der Waals surface area contributed by atoms with E-state index in [1.165, 1.54) is 0 Å². The molecule has 126 valence electrons. The van der Waals surface area contributed by atoms with Crippen molar-refractivity contribution in [3.05, 3.63) is 64.7 Å². The van der Waals surface area contributed by atoms with E-state index >= 15 is 0 Å². The summed E-state index contributed by atoms with van der Waals surface area (Å²) in [5.41, 5.74) is 3.73. The molecule has 0 spiro atoms. The molecule has 0 aromatic heterocycles. The highest BCUT2D eigenvalue weighted by Gasteiger charge is 2.45. The van der Waals surface area contributed by atoms with E-state index in [-0.39, 0.29) is 11.3 Å². The molecule has 4 rings (SSSR count). The lowest BCUT2D eigenvalue weighted by molar-refractivity contribution is 0.0727. The first-order chi connectivity index (χ1) is 12.1. The largest absolute Gasteiger partial charge is 0.497 e. The Kier molecular flexibility index (Phi) is 3.73. The van der Waals surface area contributed by atoms with E-state index in [9.17, 15) is 10.1 Å². The minimum absolute atomic E-state index is 0.0745. The highest BCUT2D eigenvalue weighted by atomic mass is 16.5. The Morgan fingerprint density at radius 1 is 1.20 bits per heavy atom. The van der Waals surface area contributed by atoms with Crippen LogP contribution in [0, 0.1) is 11.3 Å². The maximum Gasteiger partial charge on any atom is 0.254 e. The third-order valence-electron chi connectivity index (χ3n) is 5.32. The number of ether oxygens (including phenoxy) is 1. The van der Waals surface area contributed by atoms with Gasteiger partial charge in [0.15, 0.2) is 0 Å². The van der Waals surface area contributed by atoms with Gasteiger partial charge < -0.3 is 9.64 Å². The second kappa shape index (κ2) is 5.93. The van der Waals surface area contributed by atoms with Crippen LogP contribution in [0.3, 0.4) is 0 Å². The van der Waals surface area contributed by atoms with E-state index in [1.807, 2.05) is 41.3 Å². The van der Waals surface area contributed by atoms with E-state index < -0.39 is 0 Å². The zero-order valence-electron chi connectivity index (χ0n) is 14.3. The summed E-state index contributed by atoms with van der Waals surface area (Å²) in [5, 5.41) is 9.38. The van der Waals surface area contributed by atoms with Gasteiger partial charge in [-0.2, -0.15) is 5.26 Å². The fraction of sp³-hybridized carbons (Fsp3) is 0.333. The zero-order chi connectivity index (χ0) is 17.4. The lowest BCUT2D eigenvalue weighted by Gasteiger charge is -2.29. The SMILES string of the molecule is COc1ccc(CN2CCc3cc(C4(C#N)CC4)ccc3C2=O)cc1. The number of rotatable bonds is 4. The monoisotopic (exact) mass is 332 g/mol. The summed E-state index contributed by atoms with van der Waals surface area (Å²) in [6.07, 6.45) is 2.70. The summed E-state index contributed by atoms with van der Waals surface area (Å²) in [6.45, 7) is 1.31. The quantitative estimate of drug-likeness (QED) is 0.862. The van der Waals surface area contributed by atoms with Gasteiger partial charge in [0.25, 0.3) is 5.91 Å². The Labute approximate surface area is 147 Å². The van der Waals surface area contributed by atoms with E-state index in [1.54, 1.807) is 7.11 Å². The first kappa shape index (κ1) is 15.7. The van der Waals surface area contributed by atoms with Gasteiger partial charge in [-0.1, -0.05) is 24.3 Å². The van der Waals surface area contributed by atoms with Crippen molar-refractivity contribution in [1.82, 2.24) is 4.90 Å². The molecule has 0 atom stereocenters. The summed E-state index contributed by atoms with van der Waals surface area (Å²) in [6, 6.07) is 16.2. The average Bonchev–Trinajstić information content (AvgIpc) is 3.46. The predicted molar refractivity (Wildman–Crippen MR) is 94.4 cm³/mol. The van der Waals surface area contributed by atoms with E-state index in [0.29, 0.717) is 13.1 Å². The molecular weight excluding hydrogens is 312 g/mol. The molecular formula is C21H20N2O2. The van der Waals surface area contributed by atoms with Gasteiger partial charge in [0.1, 0.15) is 5.75 Å². The highest BCUT2D eigenvalue weighted by Crippen LogP contribution is 2.48. The number of hydrogen-bond acceptors (Lipinski definition) is 3. The van der Waals surface area contributed by atoms with E-state index in [2.05, 4.69) is 12.1 Å². The first-order valence-electron chi connectivity index (χ1n) is 8.62. The van der Waals surface area contributed by atoms with Crippen LogP contribution in [0.5, 0.6) is 5.75 Å². The van der Waals surface area contributed by atoms with Crippen LogP contribution < -0.4 is 4.74 Å². The van der Waals surface area contributed by atoms with Gasteiger partial charge in [0.2, 0.25) is 0 Å². The molecule has 4 heteroatoms. The number of methoxy groups -OCH3 is 1. The second-order valence-corrected chi connectivity index (χ2v) is 6.89. The standard InChI is InChI=1S/C21H20N2O2/c1-25-18-5-2-15(3-6-18)13-23-11-8-16-12-17(21(14-22)9-10-21)4-7-19(16)20(23)24/h2-7,12H,8-11,13H2,1H3. The maximum absolute atomic E-state index is 12.8. The van der Waals surface area contributed by atoms with Crippen LogP contribution >= 0.6 is 0 Å². The molecule has 0 radical (unpaired) electrons. The van der Waals surface area contributed by atoms with Crippen LogP contribution in [-0.2, 0) is 18.4 Å². The Morgan fingerprint density at radius 2 is 1.96 bits per heavy atom. The van der Waals surface area contributed by atoms with Gasteiger partial charge in [0, 0.05) is 18.7 Å². The van der Waals surface area contributed by atoms with Gasteiger partial charge in [0.05, 0.1) is 18.6 Å². The predicted octanol–water partition coefficient (Wildman–Crippen LogP) is 3.45. The van der Waals surface area contributed by atoms with Gasteiger partial charge in [-0.25, -0.2) is 0 Å². The molecule has 1 fully saturated rings. The number of hydrogen-bond donors (Lipinski definition) is 0. The Morgan fingerprint density at radius 3 is 2.60 bits per heavy atom. The fourth-order valence-corrected chi connectivity index (χ4v) is 3.53. The van der Waals surface area contributed by atoms with Crippen molar-refractivity contribution < 1.29 is 9.53 Å². The molecule has 25 heavy (non-hydrogen) atoms. The first-order valence-corrected chi connectivity index (χ1v) is 8.62. The van der Waals surface area contributed by atoms with Crippen molar-refractivity contribution in [3.63, 3.8) is 0 Å². The van der Waals surface area contributed by atoms with E-state index in [0.717, 1.165) is 47.3 Å². The minimum Gasteiger partial charge on any atom is -0.497 e. The number of fused-ring (bicyclic) bond motifs is 1. The van der Waals surface area contributed by atoms with Crippen molar-refractivity contribution >= 4 is 5.91 Å². The number of nitrogens with zero attached hydrogens (tertiary/aromatic N) is 2. The molecule has 1 amide bonds. The van der Waals surface area contributed by atoms with Crippen molar-refractivity contribution in [2.75, 3.05) is 13.7 Å². The summed E-state index contributed by atoms with van der Waals surface area (Å²) >= 11 is 0. The van der Waals surface area contributed by atoms with Gasteiger partial charge in [-0.05, 0) is 54.2 Å². The van der Waals surface area contributed by atoms with Crippen molar-refractivity contribution in [3.8, 4) is 11.8 Å². The number of nitriles is 1. The van der Waals surface area contributed by atoms with E-state index in [4.69, 9.17) is 4.74 Å². The summed E-state index contributed by atoms with van der Waals surface area (Å²) in [5.74, 6) is 0.892. The molecule has 2 aromatic carbocycles. The molecule has 1 saturated carbocycles. The number of carbonyl (C=O) groups excluding carboxylic acids is 1. The summed E-state index contributed by atoms with van der Waals surface area (Å²) in [4.78, 5) is 14.7. The molecule has 0 N–H and O–H groups in total. The molecule has 1 aliphatic heterocycles. The van der Waals surface area contributed by atoms with Crippen LogP contribution in [0.1, 0.15) is 39.9 Å². The topological polar surface area (TPSA) is 53.3 Å². The number of benzene rings is 2. The molecule has 0 unspecified atom stereocenters. The van der Waals surface area contributed by atoms with Crippen LogP contribution in [0.15, 0.2) is 42.5 Å². The lowest BCUT2D eigenvalue weighted by atomic mass is 9.90. The zero-order valence-corrected chi connectivity index (χ0v) is 14.3. The molecule has 1 aliphatic carbocycles. The molecule has 0 saturated heterocycles. The fourth-order valence-electron chi connectivity index (χ4n) is 3.53. The minimum atomic E-state index is -0.293. The number of amides is 1. The Hall–Kier alpha value is -2.80. The lowest BCUT2D eigenvalue weighted by Crippen LogP contribution is -2.37. The second-order valence-electron chi connectivity index (χ2n) is 6.89. The maximum atomic E-state index is 12.8. The molecule has 4 nitrogen and oxygen atoms in total. The average molecular weight is 332 g/mol. The summed E-state index contributed by atoms with van der Waals surface area (Å²) < 4.78 is 5.18. The number of carbonyl (C=O) groups is 1. The highest BCUT2D eigenvalue weighted by molar-refractivity contribution is 5.96. The van der Waals surface area contributed by atoms with Crippen LogP contribution in [0.2, 0.25) is 0 Å². The normalized spacial score (nSPS) is 17.6. The van der Waals surface area contributed by atoms with Gasteiger partial charge in [-0.3, -0.25) is 4.79 Å². The third-order valence-corrected chi connectivity index (χ3v) is 5.32. The Bertz CT molecular complexity index is 860. The molecule has 1 heterocycles. The van der Waals surface area contributed by atoms with Crippen LogP contribution in [0.25, 0.3) is 0 Å². The summed E-state index contributed by atoms with van der Waals surface area (Å²) in [7, 11) is 1.65. The molecule has 2 aliphatic rings. The van der Waals surface area contributed by atoms with Crippen molar-refractivity contribution in [2.45, 2.75) is 31.2 Å². The van der Waals surface area contributed by atoms with Crippen molar-refractivity contribution in [1.29, 1.82) is 5.26 Å². The molecule has 0 bridgehead atoms. The van der Waals surface area contributed by atoms with Crippen LogP contribution in [-0.4, -0.2) is 24.5 Å². The van der Waals surface area contributed by atoms with Gasteiger partial charge in [-0.15, -0.1) is 0 Å². The Balaban J connectivity index is 1.54. The van der Waals surface area contributed by atoms with Crippen LogP contribution in [0.4, 0.5) is 0 Å².